The molecular weight excluding hydrogens is 393 g/mol. The second kappa shape index (κ2) is 10.7. The molecule has 0 radical (unpaired) electrons. The highest BCUT2D eigenvalue weighted by Crippen LogP contribution is 2.29. The first-order valence-corrected chi connectivity index (χ1v) is 9.64. The van der Waals surface area contributed by atoms with Crippen molar-refractivity contribution in [2.75, 3.05) is 5.32 Å². The Morgan fingerprint density at radius 3 is 2.27 bits per heavy atom. The molecule has 7 heteroatoms. The van der Waals surface area contributed by atoms with Gasteiger partial charge in [-0.2, -0.15) is 13.2 Å². The predicted molar refractivity (Wildman–Crippen MR) is 111 cm³/mol. The number of carbonyl (C=O) groups excluding carboxylic acids is 2. The van der Waals surface area contributed by atoms with Gasteiger partial charge in [-0.15, -0.1) is 0 Å². The van der Waals surface area contributed by atoms with Crippen LogP contribution in [0, 0.1) is 5.92 Å². The maximum Gasteiger partial charge on any atom is 0.416 e. The molecule has 0 bridgehead atoms. The maximum atomic E-state index is 12.6. The topological polar surface area (TPSA) is 72.2 Å². The molecule has 0 heterocycles. The van der Waals surface area contributed by atoms with Crippen molar-refractivity contribution in [2.45, 2.75) is 38.4 Å². The lowest BCUT2D eigenvalue weighted by atomic mass is 9.92. The molecule has 0 aliphatic carbocycles. The molecule has 1 amide bonds. The van der Waals surface area contributed by atoms with Gasteiger partial charge in [-0.3, -0.25) is 9.59 Å². The van der Waals surface area contributed by atoms with Crippen molar-refractivity contribution < 1.29 is 22.8 Å². The van der Waals surface area contributed by atoms with Crippen LogP contribution in [0.3, 0.4) is 0 Å². The van der Waals surface area contributed by atoms with E-state index in [2.05, 4.69) is 5.32 Å². The molecule has 0 saturated carbocycles. The van der Waals surface area contributed by atoms with E-state index in [0.717, 1.165) is 24.1 Å². The number of Topliss-reactive ketones (excluding diaryl/α,β-unsaturated/α-hetero) is 1. The van der Waals surface area contributed by atoms with Crippen molar-refractivity contribution in [2.24, 2.45) is 11.7 Å². The fourth-order valence-electron chi connectivity index (χ4n) is 2.86. The molecule has 160 valence electrons. The van der Waals surface area contributed by atoms with Crippen LogP contribution < -0.4 is 11.1 Å². The molecule has 0 saturated heterocycles. The standard InChI is InChI=1S/C23H25F3N2O2/c1-16(27)21(29)15-18(8-7-17-5-3-2-4-6-17)9-14-22(30)28-20-12-10-19(11-13-20)23(24,25)26/h2-6,9-14,16,18H,7-8,15,27H2,1H3,(H,28,30)/b14-9+/t16-,18-/m0/s1. The van der Waals surface area contributed by atoms with Gasteiger partial charge < -0.3 is 11.1 Å². The van der Waals surface area contributed by atoms with Crippen LogP contribution in [-0.2, 0) is 22.2 Å². The summed E-state index contributed by atoms with van der Waals surface area (Å²) >= 11 is 0. The number of rotatable bonds is 9. The molecular formula is C23H25F3N2O2. The number of anilines is 1. The number of hydrogen-bond acceptors (Lipinski definition) is 3. The molecule has 0 aromatic heterocycles. The lowest BCUT2D eigenvalue weighted by Gasteiger charge is -2.14. The Morgan fingerprint density at radius 1 is 1.07 bits per heavy atom. The average molecular weight is 418 g/mol. The minimum Gasteiger partial charge on any atom is -0.323 e. The molecule has 0 fully saturated rings. The first kappa shape index (κ1) is 23.3. The van der Waals surface area contributed by atoms with E-state index in [1.165, 1.54) is 18.2 Å². The van der Waals surface area contributed by atoms with Crippen molar-refractivity contribution in [3.8, 4) is 0 Å². The van der Waals surface area contributed by atoms with Crippen molar-refractivity contribution >= 4 is 17.4 Å². The van der Waals surface area contributed by atoms with Crippen LogP contribution in [0.15, 0.2) is 66.7 Å². The van der Waals surface area contributed by atoms with Crippen LogP contribution in [0.25, 0.3) is 0 Å². The van der Waals surface area contributed by atoms with Gasteiger partial charge in [-0.05, 0) is 61.6 Å². The van der Waals surface area contributed by atoms with Gasteiger partial charge in [0, 0.05) is 12.1 Å². The number of benzene rings is 2. The Hall–Kier alpha value is -2.93. The first-order chi connectivity index (χ1) is 14.1. The normalized spacial score (nSPS) is 13.8. The number of halogens is 3. The Bertz CT molecular complexity index is 860. The fourth-order valence-corrected chi connectivity index (χ4v) is 2.86. The Balaban J connectivity index is 1.99. The van der Waals surface area contributed by atoms with Crippen LogP contribution in [0.5, 0.6) is 0 Å². The third-order valence-corrected chi connectivity index (χ3v) is 4.62. The molecule has 2 atom stereocenters. The summed E-state index contributed by atoms with van der Waals surface area (Å²) < 4.78 is 37.8. The quantitative estimate of drug-likeness (QED) is 0.577. The maximum absolute atomic E-state index is 12.6. The average Bonchev–Trinajstić information content (AvgIpc) is 2.70. The summed E-state index contributed by atoms with van der Waals surface area (Å²) in [6.07, 6.45) is 0.148. The van der Waals surface area contributed by atoms with Crippen molar-refractivity contribution in [1.82, 2.24) is 0 Å². The molecule has 0 aliphatic heterocycles. The van der Waals surface area contributed by atoms with Gasteiger partial charge in [0.05, 0.1) is 11.6 Å². The minimum absolute atomic E-state index is 0.0964. The second-order valence-electron chi connectivity index (χ2n) is 7.17. The van der Waals surface area contributed by atoms with Crippen molar-refractivity contribution in [3.05, 3.63) is 77.9 Å². The van der Waals surface area contributed by atoms with Crippen molar-refractivity contribution in [1.29, 1.82) is 0 Å². The van der Waals surface area contributed by atoms with E-state index in [9.17, 15) is 22.8 Å². The summed E-state index contributed by atoms with van der Waals surface area (Å²) in [5, 5.41) is 2.52. The molecule has 0 spiro atoms. The number of nitrogens with one attached hydrogen (secondary N) is 1. The highest BCUT2D eigenvalue weighted by molar-refractivity contribution is 5.99. The van der Waals surface area contributed by atoms with E-state index >= 15 is 0 Å². The summed E-state index contributed by atoms with van der Waals surface area (Å²) in [7, 11) is 0. The van der Waals surface area contributed by atoms with Crippen molar-refractivity contribution in [3.63, 3.8) is 0 Å². The van der Waals surface area contributed by atoms with Gasteiger partial charge in [0.2, 0.25) is 5.91 Å². The smallest absolute Gasteiger partial charge is 0.323 e. The monoisotopic (exact) mass is 418 g/mol. The first-order valence-electron chi connectivity index (χ1n) is 9.64. The van der Waals surface area contributed by atoms with E-state index in [-0.39, 0.29) is 23.8 Å². The van der Waals surface area contributed by atoms with Gasteiger partial charge >= 0.3 is 6.18 Å². The molecule has 30 heavy (non-hydrogen) atoms. The highest BCUT2D eigenvalue weighted by Gasteiger charge is 2.29. The van der Waals surface area contributed by atoms with E-state index in [0.29, 0.717) is 6.42 Å². The summed E-state index contributed by atoms with van der Waals surface area (Å²) in [4.78, 5) is 24.2. The number of alkyl halides is 3. The fraction of sp³-hybridized carbons (Fsp3) is 0.304. The van der Waals surface area contributed by atoms with E-state index in [1.807, 2.05) is 30.3 Å². The largest absolute Gasteiger partial charge is 0.416 e. The third-order valence-electron chi connectivity index (χ3n) is 4.62. The SMILES string of the molecule is C[C@H](N)C(=O)C[C@H](/C=C/C(=O)Nc1ccc(C(F)(F)F)cc1)CCc1ccccc1. The Kier molecular flexibility index (Phi) is 8.35. The summed E-state index contributed by atoms with van der Waals surface area (Å²) in [5.41, 5.74) is 6.25. The van der Waals surface area contributed by atoms with Crippen LogP contribution >= 0.6 is 0 Å². The number of carbonyl (C=O) groups is 2. The summed E-state index contributed by atoms with van der Waals surface area (Å²) in [6, 6.07) is 13.4. The molecule has 4 nitrogen and oxygen atoms in total. The van der Waals surface area contributed by atoms with Gasteiger partial charge in [0.15, 0.2) is 0 Å². The van der Waals surface area contributed by atoms with Crippen LogP contribution in [0.4, 0.5) is 18.9 Å². The van der Waals surface area contributed by atoms with E-state index in [1.54, 1.807) is 13.0 Å². The van der Waals surface area contributed by atoms with Gasteiger partial charge in [-0.1, -0.05) is 36.4 Å². The molecule has 2 rings (SSSR count). The lowest BCUT2D eigenvalue weighted by molar-refractivity contribution is -0.137. The van der Waals surface area contributed by atoms with Crippen LogP contribution in [-0.4, -0.2) is 17.7 Å². The zero-order valence-electron chi connectivity index (χ0n) is 16.7. The highest BCUT2D eigenvalue weighted by atomic mass is 19.4. The zero-order chi connectivity index (χ0) is 22.1. The molecule has 2 aromatic carbocycles. The molecule has 2 aromatic rings. The van der Waals surface area contributed by atoms with Gasteiger partial charge in [0.25, 0.3) is 0 Å². The van der Waals surface area contributed by atoms with E-state index < -0.39 is 23.7 Å². The number of hydrogen-bond donors (Lipinski definition) is 2. The predicted octanol–water partition coefficient (Wildman–Crippen LogP) is 4.76. The number of amides is 1. The molecule has 0 unspecified atom stereocenters. The summed E-state index contributed by atoms with van der Waals surface area (Å²) in [5.74, 6) is -0.754. The number of ketones is 1. The minimum atomic E-state index is -4.43. The number of allylic oxidation sites excluding steroid dienone is 1. The Morgan fingerprint density at radius 2 is 1.70 bits per heavy atom. The summed E-state index contributed by atoms with van der Waals surface area (Å²) in [6.45, 7) is 1.62. The van der Waals surface area contributed by atoms with Gasteiger partial charge in [0.1, 0.15) is 5.78 Å². The Labute approximate surface area is 174 Å². The molecule has 3 N–H and O–H groups in total. The van der Waals surface area contributed by atoms with Crippen LogP contribution in [0.1, 0.15) is 30.9 Å². The zero-order valence-corrected chi connectivity index (χ0v) is 16.7. The lowest BCUT2D eigenvalue weighted by Crippen LogP contribution is -2.28. The second-order valence-corrected chi connectivity index (χ2v) is 7.17. The number of aryl methyl sites for hydroxylation is 1. The third kappa shape index (κ3) is 7.83. The van der Waals surface area contributed by atoms with Crippen LogP contribution in [0.2, 0.25) is 0 Å². The van der Waals surface area contributed by atoms with Gasteiger partial charge in [-0.25, -0.2) is 0 Å². The number of nitrogens with two attached hydrogens (primary N) is 1. The van der Waals surface area contributed by atoms with E-state index in [4.69, 9.17) is 5.73 Å². The molecule has 0 aliphatic rings.